The van der Waals surface area contributed by atoms with E-state index in [1.165, 1.54) is 6.42 Å². The molecule has 2 amide bonds. The van der Waals surface area contributed by atoms with Crippen LogP contribution in [0.2, 0.25) is 0 Å². The van der Waals surface area contributed by atoms with Gasteiger partial charge in [0.05, 0.1) is 0 Å². The quantitative estimate of drug-likeness (QED) is 0.719. The Bertz CT molecular complexity index is 360. The van der Waals surface area contributed by atoms with E-state index in [4.69, 9.17) is 11.5 Å². The van der Waals surface area contributed by atoms with E-state index in [0.29, 0.717) is 13.0 Å². The van der Waals surface area contributed by atoms with Crippen LogP contribution in [0, 0.1) is 10.8 Å². The van der Waals surface area contributed by atoms with Gasteiger partial charge in [-0.1, -0.05) is 40.0 Å². The first-order chi connectivity index (χ1) is 9.20. The summed E-state index contributed by atoms with van der Waals surface area (Å²) in [5.74, 6) is -0.604. The van der Waals surface area contributed by atoms with E-state index in [-0.39, 0.29) is 29.1 Å². The predicted molar refractivity (Wildman–Crippen MR) is 87.0 cm³/mol. The van der Waals surface area contributed by atoms with Gasteiger partial charge in [0.1, 0.15) is 6.04 Å². The van der Waals surface area contributed by atoms with Gasteiger partial charge in [-0.3, -0.25) is 9.59 Å². The van der Waals surface area contributed by atoms with Gasteiger partial charge in [0.15, 0.2) is 0 Å². The average molecular weight is 320 g/mol. The van der Waals surface area contributed by atoms with Crippen LogP contribution in [-0.2, 0) is 9.59 Å². The van der Waals surface area contributed by atoms with Gasteiger partial charge in [0, 0.05) is 6.42 Å². The average Bonchev–Trinajstić information content (AvgIpc) is 2.35. The lowest BCUT2D eigenvalue weighted by molar-refractivity contribution is -0.131. The molecule has 1 saturated carbocycles. The molecule has 0 spiro atoms. The minimum atomic E-state index is -0.645. The summed E-state index contributed by atoms with van der Waals surface area (Å²) in [6.07, 6.45) is 5.85. The smallest absolute Gasteiger partial charge is 0.240 e. The lowest BCUT2D eigenvalue weighted by Gasteiger charge is -2.37. The van der Waals surface area contributed by atoms with E-state index in [1.807, 2.05) is 20.8 Å². The number of carbonyl (C=O) groups is 2. The first-order valence-corrected chi connectivity index (χ1v) is 7.49. The number of primary amides is 1. The van der Waals surface area contributed by atoms with Crippen molar-refractivity contribution in [2.24, 2.45) is 22.3 Å². The van der Waals surface area contributed by atoms with Crippen molar-refractivity contribution in [3.63, 3.8) is 0 Å². The Morgan fingerprint density at radius 1 is 1.19 bits per heavy atom. The molecule has 0 aliphatic heterocycles. The van der Waals surface area contributed by atoms with E-state index < -0.39 is 11.9 Å². The highest BCUT2D eigenvalue weighted by molar-refractivity contribution is 5.87. The van der Waals surface area contributed by atoms with Crippen LogP contribution in [0.1, 0.15) is 59.3 Å². The molecule has 5 N–H and O–H groups in total. The van der Waals surface area contributed by atoms with Crippen LogP contribution in [-0.4, -0.2) is 24.4 Å². The van der Waals surface area contributed by atoms with E-state index >= 15 is 0 Å². The zero-order valence-electron chi connectivity index (χ0n) is 13.4. The highest BCUT2D eigenvalue weighted by Gasteiger charge is 2.36. The number of hydrogen-bond acceptors (Lipinski definition) is 3. The molecule has 124 valence electrons. The topological polar surface area (TPSA) is 98.2 Å². The molecule has 0 aromatic heterocycles. The Morgan fingerprint density at radius 3 is 2.10 bits per heavy atom. The van der Waals surface area contributed by atoms with E-state index in [1.54, 1.807) is 0 Å². The van der Waals surface area contributed by atoms with Gasteiger partial charge in [-0.25, -0.2) is 0 Å². The van der Waals surface area contributed by atoms with Gasteiger partial charge in [-0.15, -0.1) is 12.4 Å². The Morgan fingerprint density at radius 2 is 1.71 bits per heavy atom. The Balaban J connectivity index is 0.00000400. The van der Waals surface area contributed by atoms with Crippen molar-refractivity contribution < 1.29 is 9.59 Å². The van der Waals surface area contributed by atoms with Gasteiger partial charge in [0.2, 0.25) is 11.8 Å². The number of amides is 2. The van der Waals surface area contributed by atoms with Crippen molar-refractivity contribution in [1.82, 2.24) is 5.32 Å². The molecule has 0 aromatic carbocycles. The molecule has 0 aromatic rings. The van der Waals surface area contributed by atoms with Gasteiger partial charge in [0.25, 0.3) is 0 Å². The zero-order valence-corrected chi connectivity index (χ0v) is 14.2. The first-order valence-electron chi connectivity index (χ1n) is 7.49. The summed E-state index contributed by atoms with van der Waals surface area (Å²) >= 11 is 0. The minimum absolute atomic E-state index is 0. The number of nitrogens with one attached hydrogen (secondary N) is 1. The second-order valence-electron chi connectivity index (χ2n) is 7.21. The third-order valence-electron chi connectivity index (χ3n) is 4.34. The third kappa shape index (κ3) is 5.83. The summed E-state index contributed by atoms with van der Waals surface area (Å²) in [5, 5.41) is 2.79. The number of halogens is 1. The second kappa shape index (κ2) is 7.99. The van der Waals surface area contributed by atoms with Crippen molar-refractivity contribution in [1.29, 1.82) is 0 Å². The number of carbonyl (C=O) groups excluding carboxylic acids is 2. The molecular weight excluding hydrogens is 290 g/mol. The molecule has 0 heterocycles. The zero-order chi connectivity index (χ0) is 15.4. The lowest BCUT2D eigenvalue weighted by atomic mass is 9.71. The minimum Gasteiger partial charge on any atom is -0.368 e. The van der Waals surface area contributed by atoms with Crippen molar-refractivity contribution >= 4 is 24.2 Å². The van der Waals surface area contributed by atoms with Gasteiger partial charge in [-0.05, 0) is 30.2 Å². The second-order valence-corrected chi connectivity index (χ2v) is 7.21. The van der Waals surface area contributed by atoms with E-state index in [2.05, 4.69) is 5.32 Å². The summed E-state index contributed by atoms with van der Waals surface area (Å²) in [7, 11) is 0. The van der Waals surface area contributed by atoms with Gasteiger partial charge >= 0.3 is 0 Å². The highest BCUT2D eigenvalue weighted by atomic mass is 35.5. The van der Waals surface area contributed by atoms with Crippen LogP contribution in [0.25, 0.3) is 0 Å². The largest absolute Gasteiger partial charge is 0.368 e. The molecule has 6 heteroatoms. The molecule has 1 fully saturated rings. The SMILES string of the molecule is CC(C)(C)C(NC(=O)CC1(CN)CCCCC1)C(N)=O.Cl. The standard InChI is InChI=1S/C15H29N3O2.ClH/c1-14(2,3)12(13(17)20)18-11(19)9-15(10-16)7-5-4-6-8-15;/h12H,4-10,16H2,1-3H3,(H2,17,20)(H,18,19);1H. The van der Waals surface area contributed by atoms with Crippen molar-refractivity contribution in [3.05, 3.63) is 0 Å². The van der Waals surface area contributed by atoms with Crippen LogP contribution in [0.3, 0.4) is 0 Å². The van der Waals surface area contributed by atoms with E-state index in [9.17, 15) is 9.59 Å². The molecule has 21 heavy (non-hydrogen) atoms. The van der Waals surface area contributed by atoms with Gasteiger partial charge < -0.3 is 16.8 Å². The van der Waals surface area contributed by atoms with Crippen LogP contribution < -0.4 is 16.8 Å². The fourth-order valence-electron chi connectivity index (χ4n) is 3.02. The van der Waals surface area contributed by atoms with Crippen LogP contribution in [0.4, 0.5) is 0 Å². The maximum atomic E-state index is 12.3. The lowest BCUT2D eigenvalue weighted by Crippen LogP contribution is -2.53. The molecule has 1 rings (SSSR count). The molecule has 1 aliphatic carbocycles. The van der Waals surface area contributed by atoms with Crippen LogP contribution in [0.5, 0.6) is 0 Å². The maximum Gasteiger partial charge on any atom is 0.240 e. The molecule has 1 aliphatic rings. The molecule has 1 unspecified atom stereocenters. The number of nitrogens with two attached hydrogens (primary N) is 2. The van der Waals surface area contributed by atoms with Gasteiger partial charge in [-0.2, -0.15) is 0 Å². The maximum absolute atomic E-state index is 12.3. The summed E-state index contributed by atoms with van der Waals surface area (Å²) in [6.45, 7) is 6.20. The molecule has 0 saturated heterocycles. The molecule has 0 radical (unpaired) electrons. The fraction of sp³-hybridized carbons (Fsp3) is 0.867. The van der Waals surface area contributed by atoms with E-state index in [0.717, 1.165) is 25.7 Å². The first kappa shape index (κ1) is 20.2. The molecule has 1 atom stereocenters. The fourth-order valence-corrected chi connectivity index (χ4v) is 3.02. The molecular formula is C15H30ClN3O2. The summed E-state index contributed by atoms with van der Waals surface area (Å²) in [6, 6.07) is -0.645. The summed E-state index contributed by atoms with van der Waals surface area (Å²) in [4.78, 5) is 23.8. The predicted octanol–water partition coefficient (Wildman–Crippen LogP) is 1.72. The van der Waals surface area contributed by atoms with Crippen LogP contribution in [0.15, 0.2) is 0 Å². The monoisotopic (exact) mass is 319 g/mol. The highest BCUT2D eigenvalue weighted by Crippen LogP contribution is 2.38. The Hall–Kier alpha value is -0.810. The Kier molecular flexibility index (Phi) is 7.68. The van der Waals surface area contributed by atoms with Crippen LogP contribution >= 0.6 is 12.4 Å². The normalized spacial score (nSPS) is 19.2. The summed E-state index contributed by atoms with van der Waals surface area (Å²) < 4.78 is 0. The molecule has 0 bridgehead atoms. The van der Waals surface area contributed by atoms with Crippen molar-refractivity contribution in [2.75, 3.05) is 6.54 Å². The molecule has 5 nitrogen and oxygen atoms in total. The van der Waals surface area contributed by atoms with Crippen molar-refractivity contribution in [2.45, 2.75) is 65.3 Å². The van der Waals surface area contributed by atoms with Crippen molar-refractivity contribution in [3.8, 4) is 0 Å². The number of rotatable bonds is 5. The number of hydrogen-bond donors (Lipinski definition) is 3. The third-order valence-corrected chi connectivity index (χ3v) is 4.34. The summed E-state index contributed by atoms with van der Waals surface area (Å²) in [5.41, 5.74) is 10.8. The Labute approximate surface area is 134 Å².